The molecule has 0 fully saturated rings. The number of benzene rings is 2. The number of sulfonamides is 1. The Hall–Kier alpha value is -3.77. The summed E-state index contributed by atoms with van der Waals surface area (Å²) >= 11 is 1.48. The Bertz CT molecular complexity index is 1270. The lowest BCUT2D eigenvalue weighted by atomic mass is 10.2. The number of carbonyl (C=O) groups is 2. The van der Waals surface area contributed by atoms with Gasteiger partial charge in [0.15, 0.2) is 6.61 Å². The topological polar surface area (TPSA) is 145 Å². The van der Waals surface area contributed by atoms with Gasteiger partial charge in [-0.05, 0) is 36.6 Å². The lowest BCUT2D eigenvalue weighted by Crippen LogP contribution is -2.31. The number of nitrogens with one attached hydrogen (secondary N) is 2. The molecule has 2 aromatic carbocycles. The molecule has 172 valence electrons. The molecule has 12 heteroatoms. The van der Waals surface area contributed by atoms with Gasteiger partial charge in [-0.25, -0.2) is 13.2 Å². The molecule has 0 aliphatic carbocycles. The van der Waals surface area contributed by atoms with Crippen LogP contribution in [0.3, 0.4) is 0 Å². The van der Waals surface area contributed by atoms with E-state index in [0.29, 0.717) is 0 Å². The molecule has 3 rings (SSSR count). The number of hydrogen-bond acceptors (Lipinski definition) is 8. The van der Waals surface area contributed by atoms with Gasteiger partial charge in [-0.15, -0.1) is 11.3 Å². The van der Waals surface area contributed by atoms with Crippen molar-refractivity contribution in [3.8, 4) is 0 Å². The van der Waals surface area contributed by atoms with E-state index in [0.717, 1.165) is 17.0 Å². The number of nitro groups is 1. The minimum atomic E-state index is -4.24. The van der Waals surface area contributed by atoms with Crippen molar-refractivity contribution in [1.29, 1.82) is 0 Å². The van der Waals surface area contributed by atoms with E-state index in [4.69, 9.17) is 4.74 Å². The fourth-order valence-electron chi connectivity index (χ4n) is 2.82. The first-order valence-electron chi connectivity index (χ1n) is 9.53. The number of thiophene rings is 1. The van der Waals surface area contributed by atoms with Crippen LogP contribution in [0.15, 0.2) is 70.9 Å². The average Bonchev–Trinajstić information content (AvgIpc) is 3.33. The third kappa shape index (κ3) is 6.14. The van der Waals surface area contributed by atoms with E-state index in [1.807, 2.05) is 17.5 Å². The molecule has 1 heterocycles. The number of non-ortho nitro benzene ring substituents is 1. The van der Waals surface area contributed by atoms with Crippen LogP contribution in [0.2, 0.25) is 0 Å². The molecule has 1 aromatic heterocycles. The Kier molecular flexibility index (Phi) is 7.41. The van der Waals surface area contributed by atoms with E-state index in [2.05, 4.69) is 10.0 Å². The second-order valence-corrected chi connectivity index (χ2v) is 9.45. The van der Waals surface area contributed by atoms with Crippen LogP contribution < -0.4 is 10.0 Å². The standard InChI is InChI=1S/C21H19N3O7S2/c1-14(19-10-5-11-32-19)22-20(25)13-31-21(26)17-8-2-3-9-18(17)23-33(29,30)16-7-4-6-15(12-16)24(27)28/h2-12,14,23H,13H2,1H3,(H,22,25). The van der Waals surface area contributed by atoms with Gasteiger partial charge in [-0.2, -0.15) is 0 Å². The molecular weight excluding hydrogens is 470 g/mol. The molecule has 0 aliphatic heterocycles. The summed E-state index contributed by atoms with van der Waals surface area (Å²) in [7, 11) is -4.24. The average molecular weight is 490 g/mol. The summed E-state index contributed by atoms with van der Waals surface area (Å²) in [5, 5.41) is 15.5. The summed E-state index contributed by atoms with van der Waals surface area (Å²) in [5.74, 6) is -1.43. The number of anilines is 1. The molecule has 2 N–H and O–H groups in total. The third-order valence-electron chi connectivity index (χ3n) is 4.41. The zero-order valence-electron chi connectivity index (χ0n) is 17.3. The Morgan fingerprint density at radius 2 is 1.88 bits per heavy atom. The van der Waals surface area contributed by atoms with Crippen molar-refractivity contribution in [3.63, 3.8) is 0 Å². The SMILES string of the molecule is CC(NC(=O)COC(=O)c1ccccc1NS(=O)(=O)c1cccc([N+](=O)[O-])c1)c1cccs1. The molecule has 0 spiro atoms. The summed E-state index contributed by atoms with van der Waals surface area (Å²) in [4.78, 5) is 35.5. The number of nitro benzene ring substituents is 1. The van der Waals surface area contributed by atoms with Gasteiger partial charge in [-0.3, -0.25) is 19.6 Å². The highest BCUT2D eigenvalue weighted by Crippen LogP contribution is 2.23. The second kappa shape index (κ2) is 10.2. The molecule has 1 unspecified atom stereocenters. The first-order valence-corrected chi connectivity index (χ1v) is 11.9. The Morgan fingerprint density at radius 3 is 2.58 bits per heavy atom. The number of amides is 1. The number of para-hydroxylation sites is 1. The van der Waals surface area contributed by atoms with Crippen molar-refractivity contribution < 1.29 is 27.7 Å². The van der Waals surface area contributed by atoms with Gasteiger partial charge in [0.25, 0.3) is 21.6 Å². The summed E-state index contributed by atoms with van der Waals surface area (Å²) in [5.41, 5.74) is -0.611. The number of ether oxygens (including phenoxy) is 1. The highest BCUT2D eigenvalue weighted by atomic mass is 32.2. The molecule has 0 saturated carbocycles. The molecule has 10 nitrogen and oxygen atoms in total. The molecule has 0 bridgehead atoms. The van der Waals surface area contributed by atoms with Crippen LogP contribution in [0.25, 0.3) is 0 Å². The number of esters is 1. The molecule has 0 aliphatic rings. The van der Waals surface area contributed by atoms with E-state index in [1.165, 1.54) is 47.7 Å². The van der Waals surface area contributed by atoms with Gasteiger partial charge in [-0.1, -0.05) is 24.3 Å². The molecule has 3 aromatic rings. The normalized spacial score (nSPS) is 11.9. The van der Waals surface area contributed by atoms with Gasteiger partial charge in [0.05, 0.1) is 27.1 Å². The summed E-state index contributed by atoms with van der Waals surface area (Å²) < 4.78 is 32.7. The van der Waals surface area contributed by atoms with Crippen LogP contribution in [0.1, 0.15) is 28.2 Å². The van der Waals surface area contributed by atoms with Crippen LogP contribution in [0.5, 0.6) is 0 Å². The maximum atomic E-state index is 12.7. The zero-order valence-corrected chi connectivity index (χ0v) is 18.9. The van der Waals surface area contributed by atoms with Crippen LogP contribution in [-0.2, 0) is 19.6 Å². The van der Waals surface area contributed by atoms with Crippen LogP contribution in [-0.4, -0.2) is 31.8 Å². The van der Waals surface area contributed by atoms with Crippen LogP contribution in [0, 0.1) is 10.1 Å². The summed E-state index contributed by atoms with van der Waals surface area (Å²) in [6.07, 6.45) is 0. The van der Waals surface area contributed by atoms with Crippen molar-refractivity contribution >= 4 is 44.6 Å². The quantitative estimate of drug-likeness (QED) is 0.266. The van der Waals surface area contributed by atoms with Crippen molar-refractivity contribution in [3.05, 3.63) is 86.6 Å². The van der Waals surface area contributed by atoms with Crippen molar-refractivity contribution in [2.24, 2.45) is 0 Å². The highest BCUT2D eigenvalue weighted by molar-refractivity contribution is 7.92. The maximum Gasteiger partial charge on any atom is 0.340 e. The van der Waals surface area contributed by atoms with Gasteiger partial charge >= 0.3 is 5.97 Å². The van der Waals surface area contributed by atoms with Crippen molar-refractivity contribution in [1.82, 2.24) is 5.32 Å². The number of carbonyl (C=O) groups excluding carboxylic acids is 2. The molecule has 1 atom stereocenters. The van der Waals surface area contributed by atoms with Gasteiger partial charge in [0.1, 0.15) is 0 Å². The van der Waals surface area contributed by atoms with Gasteiger partial charge < -0.3 is 10.1 Å². The molecule has 33 heavy (non-hydrogen) atoms. The van der Waals surface area contributed by atoms with E-state index in [1.54, 1.807) is 6.92 Å². The molecule has 0 saturated heterocycles. The molecule has 0 radical (unpaired) electrons. The first-order chi connectivity index (χ1) is 15.7. The Morgan fingerprint density at radius 1 is 1.12 bits per heavy atom. The van der Waals surface area contributed by atoms with E-state index >= 15 is 0 Å². The maximum absolute atomic E-state index is 12.7. The lowest BCUT2D eigenvalue weighted by Gasteiger charge is -2.14. The van der Waals surface area contributed by atoms with E-state index < -0.39 is 39.1 Å². The van der Waals surface area contributed by atoms with E-state index in [9.17, 15) is 28.1 Å². The monoisotopic (exact) mass is 489 g/mol. The summed E-state index contributed by atoms with van der Waals surface area (Å²) in [6, 6.07) is 13.6. The Labute approximate surface area is 193 Å². The van der Waals surface area contributed by atoms with Crippen molar-refractivity contribution in [2.45, 2.75) is 17.9 Å². The minimum absolute atomic E-state index is 0.0960. The third-order valence-corrected chi connectivity index (χ3v) is 6.83. The zero-order chi connectivity index (χ0) is 24.0. The Balaban J connectivity index is 1.69. The van der Waals surface area contributed by atoms with Gasteiger partial charge in [0, 0.05) is 17.0 Å². The predicted molar refractivity (Wildman–Crippen MR) is 122 cm³/mol. The number of hydrogen-bond donors (Lipinski definition) is 2. The second-order valence-electron chi connectivity index (χ2n) is 6.79. The lowest BCUT2D eigenvalue weighted by molar-refractivity contribution is -0.385. The fourth-order valence-corrected chi connectivity index (χ4v) is 4.67. The fraction of sp³-hybridized carbons (Fsp3) is 0.143. The highest BCUT2D eigenvalue weighted by Gasteiger charge is 2.22. The summed E-state index contributed by atoms with van der Waals surface area (Å²) in [6.45, 7) is 1.24. The number of nitrogens with zero attached hydrogens (tertiary/aromatic N) is 1. The first kappa shape index (κ1) is 23.9. The van der Waals surface area contributed by atoms with Crippen LogP contribution >= 0.6 is 11.3 Å². The molecule has 1 amide bonds. The molecular formula is C21H19N3O7S2. The van der Waals surface area contributed by atoms with Crippen LogP contribution in [0.4, 0.5) is 11.4 Å². The van der Waals surface area contributed by atoms with E-state index in [-0.39, 0.29) is 22.2 Å². The number of rotatable bonds is 9. The smallest absolute Gasteiger partial charge is 0.340 e. The van der Waals surface area contributed by atoms with Gasteiger partial charge in [0.2, 0.25) is 0 Å². The predicted octanol–water partition coefficient (Wildman–Crippen LogP) is 3.49. The largest absolute Gasteiger partial charge is 0.452 e. The minimum Gasteiger partial charge on any atom is -0.452 e. The van der Waals surface area contributed by atoms with Crippen molar-refractivity contribution in [2.75, 3.05) is 11.3 Å².